The van der Waals surface area contributed by atoms with Crippen molar-refractivity contribution < 1.29 is 15.0 Å². The Kier molecular flexibility index (Phi) is 4.19. The molecule has 0 aromatic carbocycles. The maximum atomic E-state index is 10.7. The van der Waals surface area contributed by atoms with E-state index in [2.05, 4.69) is 0 Å². The molecule has 1 aliphatic rings. The number of likely N-dealkylation sites (tertiary alicyclic amines) is 1. The summed E-state index contributed by atoms with van der Waals surface area (Å²) in [6.07, 6.45) is 1.50. The molecule has 2 N–H and O–H groups in total. The molecule has 1 saturated heterocycles. The molecular formula is C12H23NO3. The van der Waals surface area contributed by atoms with E-state index in [0.717, 1.165) is 19.3 Å². The van der Waals surface area contributed by atoms with Crippen molar-refractivity contribution in [2.45, 2.75) is 46.1 Å². The molecule has 4 heteroatoms. The van der Waals surface area contributed by atoms with Crippen LogP contribution < -0.4 is 0 Å². The van der Waals surface area contributed by atoms with Gasteiger partial charge in [0, 0.05) is 13.1 Å². The SMILES string of the molecule is CC(C)(C)C(O)CCC1CCN(C(=O)O)C1. The number of carboxylic acid groups (broad SMARTS) is 1. The van der Waals surface area contributed by atoms with Crippen LogP contribution in [-0.4, -0.2) is 40.4 Å². The first-order chi connectivity index (χ1) is 7.30. The highest BCUT2D eigenvalue weighted by Gasteiger charge is 2.28. The maximum Gasteiger partial charge on any atom is 0.407 e. The van der Waals surface area contributed by atoms with Gasteiger partial charge in [-0.15, -0.1) is 0 Å². The number of aliphatic hydroxyl groups is 1. The maximum absolute atomic E-state index is 10.7. The average Bonchev–Trinajstić information content (AvgIpc) is 2.60. The summed E-state index contributed by atoms with van der Waals surface area (Å²) in [4.78, 5) is 12.2. The number of aliphatic hydroxyl groups excluding tert-OH is 1. The molecule has 2 unspecified atom stereocenters. The van der Waals surface area contributed by atoms with Crippen LogP contribution >= 0.6 is 0 Å². The fraction of sp³-hybridized carbons (Fsp3) is 0.917. The first-order valence-electron chi connectivity index (χ1n) is 5.96. The zero-order valence-corrected chi connectivity index (χ0v) is 10.4. The lowest BCUT2D eigenvalue weighted by Gasteiger charge is -2.26. The third-order valence-corrected chi connectivity index (χ3v) is 3.40. The van der Waals surface area contributed by atoms with Crippen LogP contribution in [0, 0.1) is 11.3 Å². The van der Waals surface area contributed by atoms with Crippen LogP contribution in [0.15, 0.2) is 0 Å². The van der Waals surface area contributed by atoms with E-state index in [0.29, 0.717) is 19.0 Å². The zero-order chi connectivity index (χ0) is 12.3. The molecule has 0 bridgehead atoms. The summed E-state index contributed by atoms with van der Waals surface area (Å²) >= 11 is 0. The summed E-state index contributed by atoms with van der Waals surface area (Å²) in [7, 11) is 0. The third-order valence-electron chi connectivity index (χ3n) is 3.40. The van der Waals surface area contributed by atoms with Crippen molar-refractivity contribution in [2.75, 3.05) is 13.1 Å². The van der Waals surface area contributed by atoms with E-state index in [1.807, 2.05) is 20.8 Å². The van der Waals surface area contributed by atoms with Crippen molar-refractivity contribution in [3.8, 4) is 0 Å². The van der Waals surface area contributed by atoms with Gasteiger partial charge in [-0.05, 0) is 30.6 Å². The summed E-state index contributed by atoms with van der Waals surface area (Å²) in [5.41, 5.74) is -0.0783. The van der Waals surface area contributed by atoms with Crippen molar-refractivity contribution in [3.63, 3.8) is 0 Å². The molecule has 0 spiro atoms. The van der Waals surface area contributed by atoms with E-state index >= 15 is 0 Å². The first kappa shape index (κ1) is 13.3. The Morgan fingerprint density at radius 1 is 1.50 bits per heavy atom. The second-order valence-corrected chi connectivity index (χ2v) is 5.84. The summed E-state index contributed by atoms with van der Waals surface area (Å²) in [6.45, 7) is 7.35. The zero-order valence-electron chi connectivity index (χ0n) is 10.4. The van der Waals surface area contributed by atoms with Gasteiger partial charge < -0.3 is 15.1 Å². The van der Waals surface area contributed by atoms with E-state index in [-0.39, 0.29) is 11.5 Å². The molecule has 1 rings (SSSR count). The van der Waals surface area contributed by atoms with Gasteiger partial charge in [0.25, 0.3) is 0 Å². The van der Waals surface area contributed by atoms with Crippen LogP contribution in [0.2, 0.25) is 0 Å². The Bertz CT molecular complexity index is 247. The standard InChI is InChI=1S/C12H23NO3/c1-12(2,3)10(14)5-4-9-6-7-13(8-9)11(15)16/h9-10,14H,4-8H2,1-3H3,(H,15,16). The molecule has 1 aliphatic heterocycles. The fourth-order valence-corrected chi connectivity index (χ4v) is 2.07. The van der Waals surface area contributed by atoms with Crippen LogP contribution in [0.5, 0.6) is 0 Å². The van der Waals surface area contributed by atoms with Gasteiger partial charge in [0.2, 0.25) is 0 Å². The lowest BCUT2D eigenvalue weighted by atomic mass is 9.85. The van der Waals surface area contributed by atoms with Crippen molar-refractivity contribution in [3.05, 3.63) is 0 Å². The molecule has 2 atom stereocenters. The van der Waals surface area contributed by atoms with Crippen LogP contribution in [0.1, 0.15) is 40.0 Å². The summed E-state index contributed by atoms with van der Waals surface area (Å²) < 4.78 is 0. The second-order valence-electron chi connectivity index (χ2n) is 5.84. The lowest BCUT2D eigenvalue weighted by molar-refractivity contribution is 0.0502. The Morgan fingerprint density at radius 2 is 2.12 bits per heavy atom. The van der Waals surface area contributed by atoms with Gasteiger partial charge in [-0.3, -0.25) is 0 Å². The number of carbonyl (C=O) groups is 1. The molecule has 1 heterocycles. The molecule has 16 heavy (non-hydrogen) atoms. The molecule has 0 radical (unpaired) electrons. The van der Waals surface area contributed by atoms with E-state index < -0.39 is 6.09 Å². The molecule has 0 aromatic rings. The predicted octanol–water partition coefficient (Wildman–Crippen LogP) is 2.17. The predicted molar refractivity (Wildman–Crippen MR) is 62.4 cm³/mol. The molecule has 0 aliphatic carbocycles. The van der Waals surface area contributed by atoms with Crippen molar-refractivity contribution in [2.24, 2.45) is 11.3 Å². The number of hydrogen-bond acceptors (Lipinski definition) is 2. The van der Waals surface area contributed by atoms with E-state index in [1.165, 1.54) is 4.90 Å². The molecule has 94 valence electrons. The number of hydrogen-bond donors (Lipinski definition) is 2. The van der Waals surface area contributed by atoms with Crippen molar-refractivity contribution >= 4 is 6.09 Å². The largest absolute Gasteiger partial charge is 0.465 e. The second kappa shape index (κ2) is 5.04. The minimum absolute atomic E-state index is 0.0783. The minimum Gasteiger partial charge on any atom is -0.465 e. The highest BCUT2D eigenvalue weighted by Crippen LogP contribution is 2.27. The highest BCUT2D eigenvalue weighted by atomic mass is 16.4. The van der Waals surface area contributed by atoms with Gasteiger partial charge in [0.05, 0.1) is 6.10 Å². The van der Waals surface area contributed by atoms with Gasteiger partial charge in [0.15, 0.2) is 0 Å². The lowest BCUT2D eigenvalue weighted by Crippen LogP contribution is -2.28. The molecule has 1 amide bonds. The van der Waals surface area contributed by atoms with Crippen LogP contribution in [0.3, 0.4) is 0 Å². The molecule has 4 nitrogen and oxygen atoms in total. The Hall–Kier alpha value is -0.770. The quantitative estimate of drug-likeness (QED) is 0.779. The Labute approximate surface area is 97.3 Å². The highest BCUT2D eigenvalue weighted by molar-refractivity contribution is 5.65. The van der Waals surface area contributed by atoms with E-state index in [9.17, 15) is 9.90 Å². The summed E-state index contributed by atoms with van der Waals surface area (Å²) in [6, 6.07) is 0. The van der Waals surface area contributed by atoms with Crippen molar-refractivity contribution in [1.82, 2.24) is 4.90 Å². The van der Waals surface area contributed by atoms with Gasteiger partial charge >= 0.3 is 6.09 Å². The first-order valence-corrected chi connectivity index (χ1v) is 5.96. The van der Waals surface area contributed by atoms with Gasteiger partial charge in [-0.1, -0.05) is 20.8 Å². The minimum atomic E-state index is -0.820. The normalized spacial score (nSPS) is 23.5. The van der Waals surface area contributed by atoms with E-state index in [4.69, 9.17) is 5.11 Å². The van der Waals surface area contributed by atoms with Gasteiger partial charge in [0.1, 0.15) is 0 Å². The van der Waals surface area contributed by atoms with Gasteiger partial charge in [-0.25, -0.2) is 4.79 Å². The monoisotopic (exact) mass is 229 g/mol. The summed E-state index contributed by atoms with van der Waals surface area (Å²) in [5.74, 6) is 0.424. The number of rotatable bonds is 3. The summed E-state index contributed by atoms with van der Waals surface area (Å²) in [5, 5.41) is 18.7. The molecule has 0 saturated carbocycles. The molecular weight excluding hydrogens is 206 g/mol. The van der Waals surface area contributed by atoms with Crippen LogP contribution in [-0.2, 0) is 0 Å². The third kappa shape index (κ3) is 3.67. The molecule has 0 aromatic heterocycles. The molecule has 1 fully saturated rings. The fourth-order valence-electron chi connectivity index (χ4n) is 2.07. The number of nitrogens with zero attached hydrogens (tertiary/aromatic N) is 1. The topological polar surface area (TPSA) is 60.8 Å². The van der Waals surface area contributed by atoms with Crippen LogP contribution in [0.25, 0.3) is 0 Å². The van der Waals surface area contributed by atoms with E-state index in [1.54, 1.807) is 0 Å². The van der Waals surface area contributed by atoms with Gasteiger partial charge in [-0.2, -0.15) is 0 Å². The average molecular weight is 229 g/mol. The van der Waals surface area contributed by atoms with Crippen molar-refractivity contribution in [1.29, 1.82) is 0 Å². The smallest absolute Gasteiger partial charge is 0.407 e. The Morgan fingerprint density at radius 3 is 2.56 bits per heavy atom. The Balaban J connectivity index is 2.28. The number of amides is 1. The van der Waals surface area contributed by atoms with Crippen LogP contribution in [0.4, 0.5) is 4.79 Å².